The molecule has 0 aliphatic heterocycles. The highest BCUT2D eigenvalue weighted by Crippen LogP contribution is 2.23. The van der Waals surface area contributed by atoms with E-state index in [2.05, 4.69) is 18.9 Å². The molecule has 104 valence electrons. The molecule has 0 saturated heterocycles. The van der Waals surface area contributed by atoms with E-state index in [0.717, 1.165) is 12.8 Å². The van der Waals surface area contributed by atoms with E-state index in [1.54, 1.807) is 4.68 Å². The quantitative estimate of drug-likeness (QED) is 0.661. The summed E-state index contributed by atoms with van der Waals surface area (Å²) in [7, 11) is 0. The Labute approximate surface area is 106 Å². The zero-order valence-corrected chi connectivity index (χ0v) is 11.0. The summed E-state index contributed by atoms with van der Waals surface area (Å²) in [6.45, 7) is 4.85. The van der Waals surface area contributed by atoms with Crippen molar-refractivity contribution in [3.8, 4) is 0 Å². The van der Waals surface area contributed by atoms with Crippen molar-refractivity contribution >= 4 is 0 Å². The van der Waals surface area contributed by atoms with Crippen molar-refractivity contribution in [3.05, 3.63) is 18.0 Å². The van der Waals surface area contributed by atoms with Crippen molar-refractivity contribution in [2.24, 2.45) is 0 Å². The standard InChI is InChI=1S/C13H21F3N2/c1-3-6-11(2)12-9-17-18(10-12)8-5-4-7-13(14,15)16/h9-11H,3-8H2,1-2H3. The minimum atomic E-state index is -4.04. The summed E-state index contributed by atoms with van der Waals surface area (Å²) < 4.78 is 37.6. The normalized spacial score (nSPS) is 13.8. The van der Waals surface area contributed by atoms with Gasteiger partial charge in [0.15, 0.2) is 0 Å². The zero-order chi connectivity index (χ0) is 13.6. The predicted molar refractivity (Wildman–Crippen MR) is 65.5 cm³/mol. The van der Waals surface area contributed by atoms with E-state index in [4.69, 9.17) is 0 Å². The molecule has 1 unspecified atom stereocenters. The molecule has 2 nitrogen and oxygen atoms in total. The summed E-state index contributed by atoms with van der Waals surface area (Å²) in [4.78, 5) is 0. The second-order valence-corrected chi connectivity index (χ2v) is 4.80. The van der Waals surface area contributed by atoms with Gasteiger partial charge in [0.25, 0.3) is 0 Å². The summed E-state index contributed by atoms with van der Waals surface area (Å²) in [6, 6.07) is 0. The fraction of sp³-hybridized carbons (Fsp3) is 0.769. The van der Waals surface area contributed by atoms with Crippen LogP contribution < -0.4 is 0 Å². The van der Waals surface area contributed by atoms with Crippen LogP contribution in [-0.4, -0.2) is 16.0 Å². The van der Waals surface area contributed by atoms with E-state index in [1.807, 2.05) is 12.4 Å². The Morgan fingerprint density at radius 2 is 2.06 bits per heavy atom. The van der Waals surface area contributed by atoms with Gasteiger partial charge in [0.2, 0.25) is 0 Å². The number of aromatic nitrogens is 2. The number of unbranched alkanes of at least 4 members (excludes halogenated alkanes) is 1. The minimum absolute atomic E-state index is 0.170. The van der Waals surface area contributed by atoms with Gasteiger partial charge in [-0.1, -0.05) is 20.3 Å². The van der Waals surface area contributed by atoms with Gasteiger partial charge in [0, 0.05) is 19.2 Å². The molecule has 0 bridgehead atoms. The van der Waals surface area contributed by atoms with E-state index in [-0.39, 0.29) is 6.42 Å². The molecule has 1 aromatic heterocycles. The Hall–Kier alpha value is -1.00. The summed E-state index contributed by atoms with van der Waals surface area (Å²) in [6.07, 6.45) is 1.96. The molecular formula is C13H21F3N2. The Morgan fingerprint density at radius 1 is 1.33 bits per heavy atom. The first kappa shape index (κ1) is 15.1. The lowest BCUT2D eigenvalue weighted by atomic mass is 10.0. The highest BCUT2D eigenvalue weighted by atomic mass is 19.4. The third-order valence-electron chi connectivity index (χ3n) is 3.04. The maximum Gasteiger partial charge on any atom is 0.389 e. The molecule has 1 heterocycles. The highest BCUT2D eigenvalue weighted by Gasteiger charge is 2.25. The summed E-state index contributed by atoms with van der Waals surface area (Å²) in [5.74, 6) is 0.471. The van der Waals surface area contributed by atoms with Gasteiger partial charge in [0.1, 0.15) is 0 Å². The van der Waals surface area contributed by atoms with Gasteiger partial charge in [-0.15, -0.1) is 0 Å². The molecule has 18 heavy (non-hydrogen) atoms. The van der Waals surface area contributed by atoms with E-state index < -0.39 is 12.6 Å². The molecule has 1 aromatic rings. The lowest BCUT2D eigenvalue weighted by molar-refractivity contribution is -0.135. The van der Waals surface area contributed by atoms with E-state index in [0.29, 0.717) is 18.9 Å². The monoisotopic (exact) mass is 262 g/mol. The fourth-order valence-corrected chi connectivity index (χ4v) is 1.96. The number of aryl methyl sites for hydroxylation is 1. The number of hydrogen-bond donors (Lipinski definition) is 0. The van der Waals surface area contributed by atoms with Crippen LogP contribution in [0.3, 0.4) is 0 Å². The third-order valence-corrected chi connectivity index (χ3v) is 3.04. The first-order valence-electron chi connectivity index (χ1n) is 6.51. The number of halogens is 3. The van der Waals surface area contributed by atoms with Crippen molar-refractivity contribution in [1.29, 1.82) is 0 Å². The SMILES string of the molecule is CCCC(C)c1cnn(CCCCC(F)(F)F)c1. The third kappa shape index (κ3) is 5.56. The lowest BCUT2D eigenvalue weighted by Crippen LogP contribution is -2.07. The van der Waals surface area contributed by atoms with Crippen LogP contribution >= 0.6 is 0 Å². The topological polar surface area (TPSA) is 17.8 Å². The Kier molecular flexibility index (Phi) is 5.69. The predicted octanol–water partition coefficient (Wildman–Crippen LogP) is 4.52. The molecule has 0 spiro atoms. The molecule has 0 N–H and O–H groups in total. The number of nitrogens with zero attached hydrogens (tertiary/aromatic N) is 2. The van der Waals surface area contributed by atoms with E-state index in [1.165, 1.54) is 5.56 Å². The van der Waals surface area contributed by atoms with Crippen LogP contribution in [0.4, 0.5) is 13.2 Å². The number of hydrogen-bond acceptors (Lipinski definition) is 1. The maximum absolute atomic E-state index is 12.0. The highest BCUT2D eigenvalue weighted by molar-refractivity contribution is 5.09. The second kappa shape index (κ2) is 6.81. The summed E-state index contributed by atoms with van der Waals surface area (Å²) >= 11 is 0. The van der Waals surface area contributed by atoms with Crippen LogP contribution in [-0.2, 0) is 6.54 Å². The largest absolute Gasteiger partial charge is 0.389 e. The minimum Gasteiger partial charge on any atom is -0.272 e. The maximum atomic E-state index is 12.0. The second-order valence-electron chi connectivity index (χ2n) is 4.80. The van der Waals surface area contributed by atoms with Crippen molar-refractivity contribution in [2.75, 3.05) is 0 Å². The van der Waals surface area contributed by atoms with Crippen LogP contribution in [0.15, 0.2) is 12.4 Å². The number of alkyl halides is 3. The summed E-state index contributed by atoms with van der Waals surface area (Å²) in [5.41, 5.74) is 1.17. The van der Waals surface area contributed by atoms with Crippen LogP contribution in [0.5, 0.6) is 0 Å². The molecule has 5 heteroatoms. The summed E-state index contributed by atoms with van der Waals surface area (Å²) in [5, 5.41) is 4.19. The molecule has 0 saturated carbocycles. The van der Waals surface area contributed by atoms with E-state index >= 15 is 0 Å². The van der Waals surface area contributed by atoms with Crippen LogP contribution in [0.2, 0.25) is 0 Å². The molecular weight excluding hydrogens is 241 g/mol. The molecule has 0 fully saturated rings. The smallest absolute Gasteiger partial charge is 0.272 e. The van der Waals surface area contributed by atoms with Crippen LogP contribution in [0, 0.1) is 0 Å². The van der Waals surface area contributed by atoms with Crippen molar-refractivity contribution in [2.45, 2.75) is 64.6 Å². The number of rotatable bonds is 7. The Balaban J connectivity index is 2.31. The molecule has 0 radical (unpaired) electrons. The molecule has 0 aliphatic carbocycles. The van der Waals surface area contributed by atoms with Crippen LogP contribution in [0.25, 0.3) is 0 Å². The molecule has 1 atom stereocenters. The van der Waals surface area contributed by atoms with E-state index in [9.17, 15) is 13.2 Å². The Bertz CT molecular complexity index is 344. The molecule has 0 amide bonds. The average Bonchev–Trinajstić information content (AvgIpc) is 2.72. The first-order chi connectivity index (χ1) is 8.42. The van der Waals surface area contributed by atoms with Crippen molar-refractivity contribution < 1.29 is 13.2 Å². The fourth-order valence-electron chi connectivity index (χ4n) is 1.96. The van der Waals surface area contributed by atoms with Gasteiger partial charge < -0.3 is 0 Å². The van der Waals surface area contributed by atoms with Gasteiger partial charge in [0.05, 0.1) is 6.20 Å². The average molecular weight is 262 g/mol. The first-order valence-corrected chi connectivity index (χ1v) is 6.51. The molecule has 0 aromatic carbocycles. The van der Waals surface area contributed by atoms with Gasteiger partial charge >= 0.3 is 6.18 Å². The van der Waals surface area contributed by atoms with Gasteiger partial charge in [-0.25, -0.2) is 0 Å². The molecule has 1 rings (SSSR count). The van der Waals surface area contributed by atoms with Crippen LogP contribution in [0.1, 0.15) is 57.4 Å². The zero-order valence-electron chi connectivity index (χ0n) is 11.0. The van der Waals surface area contributed by atoms with Crippen molar-refractivity contribution in [1.82, 2.24) is 9.78 Å². The van der Waals surface area contributed by atoms with Gasteiger partial charge in [-0.05, 0) is 30.7 Å². The molecule has 0 aliphatic rings. The van der Waals surface area contributed by atoms with Crippen molar-refractivity contribution in [3.63, 3.8) is 0 Å². The lowest BCUT2D eigenvalue weighted by Gasteiger charge is -2.07. The van der Waals surface area contributed by atoms with Gasteiger partial charge in [-0.2, -0.15) is 18.3 Å². The Morgan fingerprint density at radius 3 is 2.67 bits per heavy atom. The van der Waals surface area contributed by atoms with Gasteiger partial charge in [-0.3, -0.25) is 4.68 Å².